The minimum Gasteiger partial charge on any atom is -0.306 e. The number of carbonyl (C=O) groups excluding carboxylic acids is 1. The van der Waals surface area contributed by atoms with Crippen LogP contribution < -0.4 is 5.32 Å². The summed E-state index contributed by atoms with van der Waals surface area (Å²) in [6.07, 6.45) is 0. The first-order valence-corrected chi connectivity index (χ1v) is 9.38. The number of hydrogen-bond donors (Lipinski definition) is 1. The summed E-state index contributed by atoms with van der Waals surface area (Å²) in [4.78, 5) is 17.4. The highest BCUT2D eigenvalue weighted by atomic mass is 35.5. The van der Waals surface area contributed by atoms with Gasteiger partial charge in [-0.25, -0.2) is 4.98 Å². The number of anilines is 1. The molecule has 4 aromatic rings. The lowest BCUT2D eigenvalue weighted by molar-refractivity contribution is 0.102. The highest BCUT2D eigenvalue weighted by molar-refractivity contribution is 6.36. The summed E-state index contributed by atoms with van der Waals surface area (Å²) in [6, 6.07) is 16.4. The quantitative estimate of drug-likeness (QED) is 0.478. The number of hydrogen-bond acceptors (Lipinski definition) is 3. The van der Waals surface area contributed by atoms with Crippen molar-refractivity contribution >= 4 is 45.8 Å². The Labute approximate surface area is 171 Å². The second-order valence-electron chi connectivity index (χ2n) is 6.48. The minimum absolute atomic E-state index is 0.294. The fourth-order valence-electron chi connectivity index (χ4n) is 3.06. The predicted molar refractivity (Wildman–Crippen MR) is 113 cm³/mol. The Bertz CT molecular complexity index is 1220. The molecule has 0 fully saturated rings. The van der Waals surface area contributed by atoms with Crippen LogP contribution in [-0.2, 0) is 0 Å². The third kappa shape index (κ3) is 3.46. The van der Waals surface area contributed by atoms with Gasteiger partial charge in [-0.15, -0.1) is 0 Å². The van der Waals surface area contributed by atoms with Crippen molar-refractivity contribution in [2.24, 2.45) is 0 Å². The van der Waals surface area contributed by atoms with E-state index >= 15 is 0 Å². The van der Waals surface area contributed by atoms with Crippen LogP contribution in [0.3, 0.4) is 0 Å². The Morgan fingerprint density at radius 3 is 2.64 bits per heavy atom. The standard InChI is InChI=1S/C21H16Cl2N4O/c1-12-9-19(24-18-6-4-3-5-15(12)18)27-20(10-13(2)26-27)25-21(28)16-11-14(22)7-8-17(16)23/h3-11H,1-2H3,(H,25,28). The lowest BCUT2D eigenvalue weighted by atomic mass is 10.1. The van der Waals surface area contributed by atoms with Crippen molar-refractivity contribution in [2.45, 2.75) is 13.8 Å². The van der Waals surface area contributed by atoms with Crippen LogP contribution >= 0.6 is 23.2 Å². The Balaban J connectivity index is 1.75. The van der Waals surface area contributed by atoms with E-state index in [2.05, 4.69) is 10.4 Å². The Hall–Kier alpha value is -2.89. The topological polar surface area (TPSA) is 59.8 Å². The van der Waals surface area contributed by atoms with Gasteiger partial charge in [0.25, 0.3) is 5.91 Å². The van der Waals surface area contributed by atoms with Gasteiger partial charge in [0.2, 0.25) is 0 Å². The number of fused-ring (bicyclic) bond motifs is 1. The summed E-state index contributed by atoms with van der Waals surface area (Å²) in [7, 11) is 0. The zero-order valence-electron chi connectivity index (χ0n) is 15.2. The number of carbonyl (C=O) groups is 1. The number of halogens is 2. The van der Waals surface area contributed by atoms with E-state index in [0.29, 0.717) is 27.2 Å². The van der Waals surface area contributed by atoms with Crippen LogP contribution in [0.5, 0.6) is 0 Å². The van der Waals surface area contributed by atoms with Crippen molar-refractivity contribution in [3.05, 3.63) is 81.5 Å². The molecule has 7 heteroatoms. The third-order valence-electron chi connectivity index (χ3n) is 4.37. The second kappa shape index (κ2) is 7.26. The molecule has 2 heterocycles. The van der Waals surface area contributed by atoms with E-state index in [4.69, 9.17) is 28.2 Å². The first-order valence-electron chi connectivity index (χ1n) is 8.62. The predicted octanol–water partition coefficient (Wildman–Crippen LogP) is 5.60. The van der Waals surface area contributed by atoms with Crippen LogP contribution in [0.2, 0.25) is 10.0 Å². The number of pyridine rings is 1. The second-order valence-corrected chi connectivity index (χ2v) is 7.32. The SMILES string of the molecule is Cc1cc(NC(=O)c2cc(Cl)ccc2Cl)n(-c2cc(C)c3ccccc3n2)n1. The number of nitrogens with one attached hydrogen (secondary N) is 1. The van der Waals surface area contributed by atoms with E-state index in [1.54, 1.807) is 22.9 Å². The summed E-state index contributed by atoms with van der Waals surface area (Å²) in [5.41, 5.74) is 2.98. The lowest BCUT2D eigenvalue weighted by Gasteiger charge is -2.11. The number of para-hydroxylation sites is 1. The molecule has 0 radical (unpaired) electrons. The van der Waals surface area contributed by atoms with Crippen LogP contribution in [0.15, 0.2) is 54.6 Å². The molecule has 0 aliphatic heterocycles. The Kier molecular flexibility index (Phi) is 4.79. The normalized spacial score (nSPS) is 11.0. The third-order valence-corrected chi connectivity index (χ3v) is 4.94. The first-order chi connectivity index (χ1) is 13.4. The summed E-state index contributed by atoms with van der Waals surface area (Å²) in [5.74, 6) is 0.753. The van der Waals surface area contributed by atoms with E-state index in [1.165, 1.54) is 6.07 Å². The largest absolute Gasteiger partial charge is 0.306 e. The van der Waals surface area contributed by atoms with Gasteiger partial charge in [0, 0.05) is 16.5 Å². The summed E-state index contributed by atoms with van der Waals surface area (Å²) in [5, 5.41) is 9.19. The molecule has 1 N–H and O–H groups in total. The lowest BCUT2D eigenvalue weighted by Crippen LogP contribution is -2.16. The van der Waals surface area contributed by atoms with Crippen LogP contribution in [-0.4, -0.2) is 20.7 Å². The molecule has 0 saturated heterocycles. The minimum atomic E-state index is -0.369. The van der Waals surface area contributed by atoms with E-state index in [0.717, 1.165) is 22.2 Å². The molecular weight excluding hydrogens is 395 g/mol. The maximum absolute atomic E-state index is 12.7. The molecule has 0 bridgehead atoms. The molecule has 2 aromatic heterocycles. The molecule has 0 aliphatic carbocycles. The van der Waals surface area contributed by atoms with Crippen LogP contribution in [0.1, 0.15) is 21.6 Å². The summed E-state index contributed by atoms with van der Waals surface area (Å²) >= 11 is 12.2. The molecule has 4 rings (SSSR count). The van der Waals surface area contributed by atoms with Gasteiger partial charge in [0.1, 0.15) is 5.82 Å². The van der Waals surface area contributed by atoms with E-state index in [9.17, 15) is 4.79 Å². The van der Waals surface area contributed by atoms with Crippen molar-refractivity contribution in [3.63, 3.8) is 0 Å². The van der Waals surface area contributed by atoms with Crippen LogP contribution in [0, 0.1) is 13.8 Å². The Morgan fingerprint density at radius 2 is 1.82 bits per heavy atom. The molecule has 1 amide bonds. The van der Waals surface area contributed by atoms with Gasteiger partial charge in [-0.05, 0) is 49.7 Å². The molecule has 28 heavy (non-hydrogen) atoms. The summed E-state index contributed by atoms with van der Waals surface area (Å²) < 4.78 is 1.62. The number of aryl methyl sites for hydroxylation is 2. The first kappa shape index (κ1) is 18.5. The molecule has 0 saturated carbocycles. The molecule has 0 unspecified atom stereocenters. The number of aromatic nitrogens is 3. The molecular formula is C21H16Cl2N4O. The molecule has 5 nitrogen and oxygen atoms in total. The van der Waals surface area contributed by atoms with Crippen molar-refractivity contribution in [1.29, 1.82) is 0 Å². The van der Waals surface area contributed by atoms with Gasteiger partial charge in [-0.3, -0.25) is 4.79 Å². The van der Waals surface area contributed by atoms with E-state index < -0.39 is 0 Å². The highest BCUT2D eigenvalue weighted by Gasteiger charge is 2.16. The number of rotatable bonds is 3. The van der Waals surface area contributed by atoms with Gasteiger partial charge in [-0.1, -0.05) is 41.4 Å². The van der Waals surface area contributed by atoms with Crippen molar-refractivity contribution in [2.75, 3.05) is 5.32 Å². The Morgan fingerprint density at radius 1 is 1.04 bits per heavy atom. The molecule has 0 atom stereocenters. The monoisotopic (exact) mass is 410 g/mol. The van der Waals surface area contributed by atoms with Crippen molar-refractivity contribution < 1.29 is 4.79 Å². The zero-order chi connectivity index (χ0) is 19.8. The maximum atomic E-state index is 12.7. The molecule has 2 aromatic carbocycles. The number of nitrogens with zero attached hydrogens (tertiary/aromatic N) is 3. The fraction of sp³-hybridized carbons (Fsp3) is 0.0952. The summed E-state index contributed by atoms with van der Waals surface area (Å²) in [6.45, 7) is 3.88. The molecule has 0 spiro atoms. The average Bonchev–Trinajstić information content (AvgIpc) is 3.03. The van der Waals surface area contributed by atoms with Gasteiger partial charge >= 0.3 is 0 Å². The smallest absolute Gasteiger partial charge is 0.258 e. The zero-order valence-corrected chi connectivity index (χ0v) is 16.7. The van der Waals surface area contributed by atoms with E-state index in [1.807, 2.05) is 44.2 Å². The van der Waals surface area contributed by atoms with Gasteiger partial charge < -0.3 is 5.32 Å². The average molecular weight is 411 g/mol. The van der Waals surface area contributed by atoms with Gasteiger partial charge in [0.05, 0.1) is 21.8 Å². The number of amides is 1. The van der Waals surface area contributed by atoms with Crippen molar-refractivity contribution in [3.8, 4) is 5.82 Å². The maximum Gasteiger partial charge on any atom is 0.258 e. The molecule has 0 aliphatic rings. The van der Waals surface area contributed by atoms with E-state index in [-0.39, 0.29) is 5.91 Å². The number of benzene rings is 2. The fourth-order valence-corrected chi connectivity index (χ4v) is 3.43. The van der Waals surface area contributed by atoms with Crippen molar-refractivity contribution in [1.82, 2.24) is 14.8 Å². The molecule has 140 valence electrons. The van der Waals surface area contributed by atoms with Crippen LogP contribution in [0.4, 0.5) is 5.82 Å². The van der Waals surface area contributed by atoms with Crippen LogP contribution in [0.25, 0.3) is 16.7 Å². The van der Waals surface area contributed by atoms with Gasteiger partial charge in [0.15, 0.2) is 5.82 Å². The highest BCUT2D eigenvalue weighted by Crippen LogP contribution is 2.25. The van der Waals surface area contributed by atoms with Gasteiger partial charge in [-0.2, -0.15) is 9.78 Å².